The van der Waals surface area contributed by atoms with Crippen LogP contribution in [0.3, 0.4) is 0 Å². The summed E-state index contributed by atoms with van der Waals surface area (Å²) in [4.78, 5) is 12.3. The van der Waals surface area contributed by atoms with Crippen molar-refractivity contribution in [1.82, 2.24) is 10.6 Å². The molecule has 1 heterocycles. The number of carbonyl (C=O) groups is 1. The van der Waals surface area contributed by atoms with Gasteiger partial charge in [-0.3, -0.25) is 4.79 Å². The lowest BCUT2D eigenvalue weighted by Gasteiger charge is -2.35. The van der Waals surface area contributed by atoms with E-state index in [9.17, 15) is 4.79 Å². The second-order valence-electron chi connectivity index (χ2n) is 5.74. The van der Waals surface area contributed by atoms with Gasteiger partial charge in [0.25, 0.3) is 0 Å². The zero-order valence-corrected chi connectivity index (χ0v) is 13.1. The number of hydrogen-bond acceptors (Lipinski definition) is 4. The molecule has 6 heteroatoms. The van der Waals surface area contributed by atoms with Gasteiger partial charge < -0.3 is 20.1 Å². The molecule has 2 aliphatic rings. The maximum Gasteiger partial charge on any atom is 0.228 e. The van der Waals surface area contributed by atoms with Crippen LogP contribution >= 0.6 is 12.4 Å². The number of nitrogens with one attached hydrogen (secondary N) is 2. The maximum absolute atomic E-state index is 12.3. The largest absolute Gasteiger partial charge is 0.384 e. The van der Waals surface area contributed by atoms with E-state index < -0.39 is 0 Å². The molecule has 1 aliphatic heterocycles. The molecule has 0 spiro atoms. The Balaban J connectivity index is 0.00000200. The van der Waals surface area contributed by atoms with Crippen LogP contribution in [-0.2, 0) is 14.3 Å². The van der Waals surface area contributed by atoms with E-state index in [1.165, 1.54) is 12.8 Å². The fourth-order valence-electron chi connectivity index (χ4n) is 2.58. The van der Waals surface area contributed by atoms with E-state index in [0.717, 1.165) is 38.5 Å². The van der Waals surface area contributed by atoms with E-state index in [0.29, 0.717) is 19.8 Å². The fraction of sp³-hybridized carbons (Fsp3) is 0.929. The fourth-order valence-corrected chi connectivity index (χ4v) is 2.58. The molecule has 2 rings (SSSR count). The topological polar surface area (TPSA) is 59.6 Å². The van der Waals surface area contributed by atoms with Crippen molar-refractivity contribution in [3.63, 3.8) is 0 Å². The Morgan fingerprint density at radius 2 is 2.05 bits per heavy atom. The van der Waals surface area contributed by atoms with Crippen molar-refractivity contribution in [1.29, 1.82) is 0 Å². The van der Waals surface area contributed by atoms with Gasteiger partial charge in [-0.15, -0.1) is 12.4 Å². The average Bonchev–Trinajstić information content (AvgIpc) is 3.23. The minimum Gasteiger partial charge on any atom is -0.384 e. The van der Waals surface area contributed by atoms with Crippen molar-refractivity contribution in [3.05, 3.63) is 0 Å². The summed E-state index contributed by atoms with van der Waals surface area (Å²) < 4.78 is 10.8. The molecule has 1 aliphatic carbocycles. The lowest BCUT2D eigenvalue weighted by Crippen LogP contribution is -2.50. The van der Waals surface area contributed by atoms with Crippen molar-refractivity contribution in [2.24, 2.45) is 11.3 Å². The summed E-state index contributed by atoms with van der Waals surface area (Å²) >= 11 is 0. The van der Waals surface area contributed by atoms with E-state index in [-0.39, 0.29) is 23.7 Å². The molecule has 0 unspecified atom stereocenters. The Labute approximate surface area is 127 Å². The van der Waals surface area contributed by atoms with E-state index in [1.54, 1.807) is 7.11 Å². The SMILES string of the molecule is COCC1(C(=O)NCCOCC2CC2)CCNCC1.Cl. The number of piperidine rings is 1. The first-order chi connectivity index (χ1) is 9.27. The zero-order valence-electron chi connectivity index (χ0n) is 12.3. The summed E-state index contributed by atoms with van der Waals surface area (Å²) in [6.45, 7) is 4.34. The maximum atomic E-state index is 12.3. The summed E-state index contributed by atoms with van der Waals surface area (Å²) in [5.41, 5.74) is -0.351. The monoisotopic (exact) mass is 306 g/mol. The second kappa shape index (κ2) is 8.82. The first-order valence-electron chi connectivity index (χ1n) is 7.32. The highest BCUT2D eigenvalue weighted by Crippen LogP contribution is 2.29. The molecule has 1 saturated carbocycles. The quantitative estimate of drug-likeness (QED) is 0.656. The highest BCUT2D eigenvalue weighted by molar-refractivity contribution is 5.85. The number of hydrogen-bond donors (Lipinski definition) is 2. The van der Waals surface area contributed by atoms with E-state index in [1.807, 2.05) is 0 Å². The third-order valence-corrected chi connectivity index (χ3v) is 4.05. The van der Waals surface area contributed by atoms with Crippen molar-refractivity contribution < 1.29 is 14.3 Å². The van der Waals surface area contributed by atoms with Gasteiger partial charge in [-0.05, 0) is 44.7 Å². The van der Waals surface area contributed by atoms with Crippen LogP contribution in [0.15, 0.2) is 0 Å². The van der Waals surface area contributed by atoms with E-state index in [4.69, 9.17) is 9.47 Å². The van der Waals surface area contributed by atoms with Gasteiger partial charge in [-0.1, -0.05) is 0 Å². The Morgan fingerprint density at radius 1 is 1.35 bits per heavy atom. The molecule has 20 heavy (non-hydrogen) atoms. The predicted molar refractivity (Wildman–Crippen MR) is 80.2 cm³/mol. The Morgan fingerprint density at radius 3 is 2.65 bits per heavy atom. The average molecular weight is 307 g/mol. The molecular weight excluding hydrogens is 280 g/mol. The van der Waals surface area contributed by atoms with Gasteiger partial charge >= 0.3 is 0 Å². The molecule has 0 aromatic rings. The van der Waals surface area contributed by atoms with Crippen LogP contribution in [0, 0.1) is 11.3 Å². The van der Waals surface area contributed by atoms with Crippen molar-refractivity contribution in [3.8, 4) is 0 Å². The third kappa shape index (κ3) is 5.20. The van der Waals surface area contributed by atoms with Gasteiger partial charge in [0.05, 0.1) is 18.6 Å². The van der Waals surface area contributed by atoms with Gasteiger partial charge in [0, 0.05) is 20.3 Å². The molecule has 0 bridgehead atoms. The third-order valence-electron chi connectivity index (χ3n) is 4.05. The zero-order chi connectivity index (χ0) is 13.6. The Hall–Kier alpha value is -0.360. The summed E-state index contributed by atoms with van der Waals surface area (Å²) in [6, 6.07) is 0. The number of carbonyl (C=O) groups excluding carboxylic acids is 1. The van der Waals surface area contributed by atoms with Crippen LogP contribution in [0.2, 0.25) is 0 Å². The molecular formula is C14H27ClN2O3. The van der Waals surface area contributed by atoms with Crippen LogP contribution < -0.4 is 10.6 Å². The molecule has 0 radical (unpaired) electrons. The molecule has 5 nitrogen and oxygen atoms in total. The summed E-state index contributed by atoms with van der Waals surface area (Å²) in [6.07, 6.45) is 4.29. The Bertz CT molecular complexity index is 287. The highest BCUT2D eigenvalue weighted by Gasteiger charge is 2.39. The first-order valence-corrected chi connectivity index (χ1v) is 7.32. The second-order valence-corrected chi connectivity index (χ2v) is 5.74. The molecule has 0 aromatic heterocycles. The number of amides is 1. The minimum absolute atomic E-state index is 0. The van der Waals surface area contributed by atoms with Crippen LogP contribution in [0.4, 0.5) is 0 Å². The summed E-state index contributed by atoms with van der Waals surface area (Å²) in [5.74, 6) is 0.894. The minimum atomic E-state index is -0.351. The highest BCUT2D eigenvalue weighted by atomic mass is 35.5. The van der Waals surface area contributed by atoms with E-state index in [2.05, 4.69) is 10.6 Å². The van der Waals surface area contributed by atoms with Crippen LogP contribution in [0.1, 0.15) is 25.7 Å². The summed E-state index contributed by atoms with van der Waals surface area (Å²) in [7, 11) is 1.66. The molecule has 1 saturated heterocycles. The van der Waals surface area contributed by atoms with Gasteiger partial charge in [-0.2, -0.15) is 0 Å². The van der Waals surface area contributed by atoms with Crippen molar-refractivity contribution in [2.45, 2.75) is 25.7 Å². The van der Waals surface area contributed by atoms with Crippen molar-refractivity contribution >= 4 is 18.3 Å². The molecule has 0 aromatic carbocycles. The van der Waals surface area contributed by atoms with E-state index >= 15 is 0 Å². The normalized spacial score (nSPS) is 21.1. The van der Waals surface area contributed by atoms with Gasteiger partial charge in [0.15, 0.2) is 0 Å². The summed E-state index contributed by atoms with van der Waals surface area (Å²) in [5, 5.41) is 6.29. The standard InChI is InChI=1S/C14H26N2O3.ClH/c1-18-11-14(4-6-15-7-5-14)13(17)16-8-9-19-10-12-2-3-12;/h12,15H,2-11H2,1H3,(H,16,17);1H. The predicted octanol–water partition coefficient (Wildman–Crippen LogP) is 0.967. The molecule has 118 valence electrons. The lowest BCUT2D eigenvalue weighted by atomic mass is 9.78. The number of halogens is 1. The van der Waals surface area contributed by atoms with Gasteiger partial charge in [0.2, 0.25) is 5.91 Å². The van der Waals surface area contributed by atoms with Crippen molar-refractivity contribution in [2.75, 3.05) is 46.6 Å². The Kier molecular flexibility index (Phi) is 7.80. The smallest absolute Gasteiger partial charge is 0.228 e. The number of rotatable bonds is 8. The number of methoxy groups -OCH3 is 1. The molecule has 2 N–H and O–H groups in total. The molecule has 0 atom stereocenters. The van der Waals surface area contributed by atoms with Gasteiger partial charge in [-0.25, -0.2) is 0 Å². The van der Waals surface area contributed by atoms with Crippen LogP contribution in [0.5, 0.6) is 0 Å². The van der Waals surface area contributed by atoms with Gasteiger partial charge in [0.1, 0.15) is 0 Å². The van der Waals surface area contributed by atoms with Crippen LogP contribution in [0.25, 0.3) is 0 Å². The molecule has 1 amide bonds. The lowest BCUT2D eigenvalue weighted by molar-refractivity contribution is -0.136. The van der Waals surface area contributed by atoms with Crippen LogP contribution in [-0.4, -0.2) is 52.5 Å². The molecule has 2 fully saturated rings. The number of ether oxygens (including phenoxy) is 2. The first kappa shape index (κ1) is 17.7.